The maximum Gasteiger partial charge on any atom is 0.345 e. The molecule has 3 atom stereocenters. The van der Waals surface area contributed by atoms with E-state index < -0.39 is 30.1 Å². The number of carbonyl (C=O) groups is 3. The number of ether oxygens (including phenoxy) is 2. The van der Waals surface area contributed by atoms with E-state index in [1.54, 1.807) is 7.11 Å². The van der Waals surface area contributed by atoms with Gasteiger partial charge in [-0.25, -0.2) is 9.59 Å². The minimum absolute atomic E-state index is 0.170. The fraction of sp³-hybridized carbons (Fsp3) is 0.625. The number of carboxylic acid groups (broad SMARTS) is 1. The average molecular weight is 464 g/mol. The van der Waals surface area contributed by atoms with Gasteiger partial charge in [0.15, 0.2) is 6.10 Å². The predicted molar refractivity (Wildman–Crippen MR) is 124 cm³/mol. The lowest BCUT2D eigenvalue weighted by atomic mass is 10.1. The van der Waals surface area contributed by atoms with Crippen molar-refractivity contribution in [2.75, 3.05) is 33.4 Å². The molecule has 9 heteroatoms. The van der Waals surface area contributed by atoms with Crippen LogP contribution < -0.4 is 11.1 Å². The highest BCUT2D eigenvalue weighted by Gasteiger charge is 2.38. The number of nitrogens with one attached hydrogen (secondary N) is 1. The van der Waals surface area contributed by atoms with Crippen molar-refractivity contribution >= 4 is 17.8 Å². The van der Waals surface area contributed by atoms with Crippen LogP contribution in [0.5, 0.6) is 0 Å². The molecule has 0 aliphatic carbocycles. The second-order valence-electron chi connectivity index (χ2n) is 8.32. The van der Waals surface area contributed by atoms with Gasteiger partial charge in [-0.2, -0.15) is 0 Å². The van der Waals surface area contributed by atoms with Crippen molar-refractivity contribution in [1.82, 2.24) is 10.2 Å². The first kappa shape index (κ1) is 26.8. The van der Waals surface area contributed by atoms with E-state index in [-0.39, 0.29) is 12.3 Å². The Balaban J connectivity index is 1.81. The summed E-state index contributed by atoms with van der Waals surface area (Å²) in [5, 5.41) is 12.7. The van der Waals surface area contributed by atoms with E-state index in [0.29, 0.717) is 38.8 Å². The first-order valence-corrected chi connectivity index (χ1v) is 11.7. The van der Waals surface area contributed by atoms with E-state index in [2.05, 4.69) is 5.32 Å². The van der Waals surface area contributed by atoms with Crippen LogP contribution in [-0.2, 0) is 30.3 Å². The number of rotatable bonds is 15. The molecule has 1 heterocycles. The van der Waals surface area contributed by atoms with E-state index in [9.17, 15) is 19.5 Å². The summed E-state index contributed by atoms with van der Waals surface area (Å²) in [4.78, 5) is 38.7. The van der Waals surface area contributed by atoms with Crippen LogP contribution in [0, 0.1) is 0 Å². The van der Waals surface area contributed by atoms with Crippen molar-refractivity contribution in [1.29, 1.82) is 0 Å². The molecule has 2 rings (SSSR count). The van der Waals surface area contributed by atoms with Crippen LogP contribution in [0.15, 0.2) is 30.3 Å². The number of amides is 1. The molecule has 1 aromatic carbocycles. The van der Waals surface area contributed by atoms with Crippen LogP contribution in [0.25, 0.3) is 0 Å². The number of methoxy groups -OCH3 is 1. The Labute approximate surface area is 195 Å². The molecule has 1 fully saturated rings. The third kappa shape index (κ3) is 9.11. The summed E-state index contributed by atoms with van der Waals surface area (Å²) in [6.07, 6.45) is 2.70. The van der Waals surface area contributed by atoms with Crippen molar-refractivity contribution in [3.05, 3.63) is 35.9 Å². The second-order valence-corrected chi connectivity index (χ2v) is 8.32. The van der Waals surface area contributed by atoms with Gasteiger partial charge in [0.2, 0.25) is 5.91 Å². The Morgan fingerprint density at radius 3 is 2.64 bits per heavy atom. The number of hydrogen-bond acceptors (Lipinski definition) is 7. The van der Waals surface area contributed by atoms with Gasteiger partial charge >= 0.3 is 11.9 Å². The van der Waals surface area contributed by atoms with Gasteiger partial charge in [-0.05, 0) is 50.6 Å². The van der Waals surface area contributed by atoms with Gasteiger partial charge in [-0.3, -0.25) is 4.79 Å². The number of aryl methyl sites for hydroxylation is 1. The van der Waals surface area contributed by atoms with Gasteiger partial charge < -0.3 is 30.5 Å². The average Bonchev–Trinajstić information content (AvgIpc) is 3.31. The van der Waals surface area contributed by atoms with Crippen molar-refractivity contribution in [2.24, 2.45) is 5.73 Å². The summed E-state index contributed by atoms with van der Waals surface area (Å²) in [5.74, 6) is -2.14. The van der Waals surface area contributed by atoms with Crippen LogP contribution in [0.4, 0.5) is 0 Å². The van der Waals surface area contributed by atoms with E-state index in [0.717, 1.165) is 31.5 Å². The zero-order chi connectivity index (χ0) is 24.1. The van der Waals surface area contributed by atoms with Crippen LogP contribution in [0.3, 0.4) is 0 Å². The Kier molecular flexibility index (Phi) is 11.9. The fourth-order valence-corrected chi connectivity index (χ4v) is 3.92. The minimum atomic E-state index is -1.26. The highest BCUT2D eigenvalue weighted by molar-refractivity contribution is 5.89. The number of aliphatic carboxylic acids is 1. The van der Waals surface area contributed by atoms with E-state index in [1.807, 2.05) is 30.3 Å². The SMILES string of the molecule is COCCNCCCC[C@H](N)C(=O)N1CCC[C@H]1C(=O)O[C@@H](CCc1ccccc1)C(=O)O. The van der Waals surface area contributed by atoms with Crippen LogP contribution >= 0.6 is 0 Å². The van der Waals surface area contributed by atoms with Crippen LogP contribution in [0.2, 0.25) is 0 Å². The van der Waals surface area contributed by atoms with E-state index >= 15 is 0 Å². The third-order valence-electron chi connectivity index (χ3n) is 5.80. The van der Waals surface area contributed by atoms with E-state index in [4.69, 9.17) is 15.2 Å². The second kappa shape index (κ2) is 14.6. The molecule has 0 aromatic heterocycles. The molecule has 0 bridgehead atoms. The van der Waals surface area contributed by atoms with Gasteiger partial charge in [0, 0.05) is 20.2 Å². The molecule has 1 aliphatic rings. The number of unbranched alkanes of at least 4 members (excludes halogenated alkanes) is 1. The van der Waals surface area contributed by atoms with Crippen molar-refractivity contribution < 1.29 is 29.0 Å². The quantitative estimate of drug-likeness (QED) is 0.262. The number of likely N-dealkylation sites (tertiary alicyclic amines) is 1. The first-order chi connectivity index (χ1) is 15.9. The molecule has 0 radical (unpaired) electrons. The summed E-state index contributed by atoms with van der Waals surface area (Å²) in [5.41, 5.74) is 7.08. The van der Waals surface area contributed by atoms with Crippen LogP contribution in [0.1, 0.15) is 44.1 Å². The summed E-state index contributed by atoms with van der Waals surface area (Å²) in [7, 11) is 1.65. The number of nitrogens with zero attached hydrogens (tertiary/aromatic N) is 1. The van der Waals surface area contributed by atoms with Gasteiger partial charge in [0.1, 0.15) is 6.04 Å². The Morgan fingerprint density at radius 2 is 1.94 bits per heavy atom. The molecule has 1 saturated heterocycles. The highest BCUT2D eigenvalue weighted by atomic mass is 16.6. The van der Waals surface area contributed by atoms with Crippen molar-refractivity contribution in [3.8, 4) is 0 Å². The third-order valence-corrected chi connectivity index (χ3v) is 5.80. The maximum atomic E-state index is 12.8. The zero-order valence-electron chi connectivity index (χ0n) is 19.4. The zero-order valence-corrected chi connectivity index (χ0v) is 19.4. The van der Waals surface area contributed by atoms with Gasteiger partial charge in [0.25, 0.3) is 0 Å². The molecule has 1 aliphatic heterocycles. The number of carbonyl (C=O) groups excluding carboxylic acids is 2. The topological polar surface area (TPSA) is 131 Å². The Morgan fingerprint density at radius 1 is 1.18 bits per heavy atom. The summed E-state index contributed by atoms with van der Waals surface area (Å²) < 4.78 is 10.3. The molecule has 33 heavy (non-hydrogen) atoms. The lowest BCUT2D eigenvalue weighted by Gasteiger charge is -2.27. The lowest BCUT2D eigenvalue weighted by molar-refractivity contribution is -0.168. The molecule has 0 saturated carbocycles. The largest absolute Gasteiger partial charge is 0.479 e. The molecule has 0 spiro atoms. The number of hydrogen-bond donors (Lipinski definition) is 3. The lowest BCUT2D eigenvalue weighted by Crippen LogP contribution is -2.49. The normalized spacial score (nSPS) is 17.5. The van der Waals surface area contributed by atoms with Crippen LogP contribution in [-0.4, -0.2) is 79.4 Å². The summed E-state index contributed by atoms with van der Waals surface area (Å²) >= 11 is 0. The molecule has 1 aromatic rings. The van der Waals surface area contributed by atoms with Crippen molar-refractivity contribution in [3.63, 3.8) is 0 Å². The standard InChI is InChI=1S/C24H37N3O6/c1-32-17-15-26-14-6-5-10-19(25)22(28)27-16-7-11-20(27)24(31)33-21(23(29)30)13-12-18-8-3-2-4-9-18/h2-4,8-9,19-21,26H,5-7,10-17,25H2,1H3,(H,29,30)/t19-,20-,21-/m0/s1. The van der Waals surface area contributed by atoms with Gasteiger partial charge in [0.05, 0.1) is 12.6 Å². The predicted octanol–water partition coefficient (Wildman–Crippen LogP) is 1.34. The molecule has 184 valence electrons. The molecule has 9 nitrogen and oxygen atoms in total. The number of esters is 1. The number of benzene rings is 1. The monoisotopic (exact) mass is 463 g/mol. The van der Waals surface area contributed by atoms with Crippen molar-refractivity contribution in [2.45, 2.75) is 63.1 Å². The molecule has 0 unspecified atom stereocenters. The fourth-order valence-electron chi connectivity index (χ4n) is 3.92. The van der Waals surface area contributed by atoms with Gasteiger partial charge in [-0.15, -0.1) is 0 Å². The summed E-state index contributed by atoms with van der Waals surface area (Å²) in [6.45, 7) is 2.68. The van der Waals surface area contributed by atoms with Gasteiger partial charge in [-0.1, -0.05) is 36.8 Å². The highest BCUT2D eigenvalue weighted by Crippen LogP contribution is 2.21. The molecular weight excluding hydrogens is 426 g/mol. The Bertz CT molecular complexity index is 745. The molecule has 1 amide bonds. The minimum Gasteiger partial charge on any atom is -0.479 e. The first-order valence-electron chi connectivity index (χ1n) is 11.7. The Hall–Kier alpha value is -2.49. The molecule has 4 N–H and O–H groups in total. The maximum absolute atomic E-state index is 12.8. The van der Waals surface area contributed by atoms with E-state index in [1.165, 1.54) is 4.90 Å². The smallest absolute Gasteiger partial charge is 0.345 e. The summed E-state index contributed by atoms with van der Waals surface area (Å²) in [6, 6.07) is 7.96. The number of carboxylic acids is 1. The number of nitrogens with two attached hydrogens (primary N) is 1. The molecular formula is C24H37N3O6.